The lowest BCUT2D eigenvalue weighted by molar-refractivity contribution is 0.0519. The van der Waals surface area contributed by atoms with Crippen molar-refractivity contribution >= 4 is 32.7 Å². The van der Waals surface area contributed by atoms with E-state index in [9.17, 15) is 18.3 Å². The summed E-state index contributed by atoms with van der Waals surface area (Å²) in [7, 11) is -3.80. The molecule has 1 atom stereocenters. The molecular weight excluding hydrogens is 518 g/mol. The molecule has 3 N–H and O–H groups in total. The van der Waals surface area contributed by atoms with Gasteiger partial charge in [-0.3, -0.25) is 4.72 Å². The molecule has 2 heterocycles. The first-order valence-electron chi connectivity index (χ1n) is 12.7. The average molecular weight is 552 g/mol. The number of nitrogens with one attached hydrogen (secondary N) is 2. The first-order valence-corrected chi connectivity index (χ1v) is 14.2. The maximum Gasteiger partial charge on any atom is 0.356 e. The molecule has 2 aromatic heterocycles. The minimum Gasteiger partial charge on any atom is -0.461 e. The number of hydrogen-bond donors (Lipinski definition) is 3. The molecule has 0 spiro atoms. The van der Waals surface area contributed by atoms with E-state index in [0.717, 1.165) is 5.52 Å². The third-order valence-corrected chi connectivity index (χ3v) is 7.74. The second-order valence-corrected chi connectivity index (χ2v) is 11.4. The molecule has 0 aliphatic carbocycles. The Kier molecular flexibility index (Phi) is 8.63. The van der Waals surface area contributed by atoms with Crippen LogP contribution in [0.3, 0.4) is 0 Å². The monoisotopic (exact) mass is 551 g/mol. The van der Waals surface area contributed by atoms with Crippen LogP contribution in [-0.4, -0.2) is 52.7 Å². The number of pyridine rings is 1. The quantitative estimate of drug-likeness (QED) is 0.226. The van der Waals surface area contributed by atoms with Crippen molar-refractivity contribution in [3.05, 3.63) is 84.4 Å². The Bertz CT molecular complexity index is 1540. The van der Waals surface area contributed by atoms with Gasteiger partial charge < -0.3 is 19.7 Å². The Morgan fingerprint density at radius 1 is 1.10 bits per heavy atom. The van der Waals surface area contributed by atoms with Crippen LogP contribution in [0.25, 0.3) is 11.0 Å². The van der Waals surface area contributed by atoms with Gasteiger partial charge in [0.2, 0.25) is 0 Å². The number of esters is 1. The molecule has 2 aromatic carbocycles. The minimum absolute atomic E-state index is 0.144. The van der Waals surface area contributed by atoms with Gasteiger partial charge in [-0.15, -0.1) is 0 Å². The van der Waals surface area contributed by atoms with Crippen LogP contribution in [0.2, 0.25) is 0 Å². The van der Waals surface area contributed by atoms with Crippen LogP contribution in [0.1, 0.15) is 49.3 Å². The van der Waals surface area contributed by atoms with Crippen molar-refractivity contribution in [1.82, 2.24) is 19.9 Å². The van der Waals surface area contributed by atoms with Crippen molar-refractivity contribution in [3.8, 4) is 0 Å². The topological polar surface area (TPSA) is 135 Å². The largest absolute Gasteiger partial charge is 0.461 e. The van der Waals surface area contributed by atoms with Crippen LogP contribution in [0.5, 0.6) is 0 Å². The van der Waals surface area contributed by atoms with E-state index in [4.69, 9.17) is 4.74 Å². The number of imidazole rings is 1. The van der Waals surface area contributed by atoms with E-state index in [1.807, 2.05) is 18.4 Å². The standard InChI is InChI=1S/C28H33N5O5S/c1-4-38-27(35)23-16-25-24(17-29-23)30-19-33(25)15-14-28(2,3)31-18-26(34)21-12-8-9-13-22(21)32-39(36,37)20-10-6-5-7-11-20/h5-13,16-17,19,26,31-32,34H,4,14-15,18H2,1-3H3. The third kappa shape index (κ3) is 6.99. The summed E-state index contributed by atoms with van der Waals surface area (Å²) in [5, 5.41) is 14.4. The van der Waals surface area contributed by atoms with Crippen molar-refractivity contribution in [1.29, 1.82) is 0 Å². The highest BCUT2D eigenvalue weighted by Crippen LogP contribution is 2.26. The number of carbonyl (C=O) groups excluding carboxylic acids is 1. The summed E-state index contributed by atoms with van der Waals surface area (Å²) >= 11 is 0. The van der Waals surface area contributed by atoms with Crippen molar-refractivity contribution in [2.45, 2.75) is 50.3 Å². The molecule has 206 valence electrons. The zero-order chi connectivity index (χ0) is 28.0. The van der Waals surface area contributed by atoms with Gasteiger partial charge in [0.05, 0.1) is 41.3 Å². The number of hydrogen-bond acceptors (Lipinski definition) is 8. The van der Waals surface area contributed by atoms with Gasteiger partial charge in [0.1, 0.15) is 5.52 Å². The highest BCUT2D eigenvalue weighted by Gasteiger charge is 2.23. The molecule has 10 nitrogen and oxygen atoms in total. The SMILES string of the molecule is CCOC(=O)c1cc2c(cn1)ncn2CCC(C)(C)NCC(O)c1ccccc1NS(=O)(=O)c1ccccc1. The summed E-state index contributed by atoms with van der Waals surface area (Å²) in [6.07, 6.45) is 3.00. The molecule has 39 heavy (non-hydrogen) atoms. The van der Waals surface area contributed by atoms with E-state index in [-0.39, 0.29) is 29.3 Å². The molecule has 0 amide bonds. The van der Waals surface area contributed by atoms with Gasteiger partial charge in [-0.2, -0.15) is 0 Å². The molecule has 4 rings (SSSR count). The van der Waals surface area contributed by atoms with Gasteiger partial charge in [-0.1, -0.05) is 36.4 Å². The summed E-state index contributed by atoms with van der Waals surface area (Å²) in [4.78, 5) is 20.7. The lowest BCUT2D eigenvalue weighted by Gasteiger charge is -2.28. The minimum atomic E-state index is -3.80. The summed E-state index contributed by atoms with van der Waals surface area (Å²) in [6, 6.07) is 16.6. The third-order valence-electron chi connectivity index (χ3n) is 6.36. The molecule has 0 saturated carbocycles. The summed E-state index contributed by atoms with van der Waals surface area (Å²) < 4.78 is 35.3. The smallest absolute Gasteiger partial charge is 0.356 e. The summed E-state index contributed by atoms with van der Waals surface area (Å²) in [5.74, 6) is -0.477. The van der Waals surface area contributed by atoms with Gasteiger partial charge in [0.15, 0.2) is 5.69 Å². The second kappa shape index (κ2) is 11.9. The van der Waals surface area contributed by atoms with E-state index in [2.05, 4.69) is 20.0 Å². The Labute approximate surface area is 228 Å². The number of nitrogens with zero attached hydrogens (tertiary/aromatic N) is 3. The number of benzene rings is 2. The lowest BCUT2D eigenvalue weighted by Crippen LogP contribution is -2.42. The highest BCUT2D eigenvalue weighted by atomic mass is 32.2. The molecule has 0 radical (unpaired) electrons. The number of aromatic nitrogens is 3. The van der Waals surface area contributed by atoms with Crippen molar-refractivity contribution in [2.24, 2.45) is 0 Å². The molecule has 1 unspecified atom stereocenters. The summed E-state index contributed by atoms with van der Waals surface area (Å²) in [6.45, 7) is 6.87. The molecule has 0 bridgehead atoms. The van der Waals surface area contributed by atoms with Crippen molar-refractivity contribution in [2.75, 3.05) is 17.9 Å². The van der Waals surface area contributed by atoms with E-state index >= 15 is 0 Å². The highest BCUT2D eigenvalue weighted by molar-refractivity contribution is 7.92. The second-order valence-electron chi connectivity index (χ2n) is 9.75. The number of β-amino-alcohol motifs (C(OH)–C–C–N with tert-alkyl or cyclic N) is 1. The Morgan fingerprint density at radius 2 is 1.82 bits per heavy atom. The maximum absolute atomic E-state index is 12.8. The molecular formula is C28H33N5O5S. The molecule has 0 aliphatic heterocycles. The van der Waals surface area contributed by atoms with Crippen molar-refractivity contribution < 1.29 is 23.1 Å². The Morgan fingerprint density at radius 3 is 2.56 bits per heavy atom. The number of aliphatic hydroxyl groups excluding tert-OH is 1. The molecule has 0 fully saturated rings. The van der Waals surface area contributed by atoms with Crippen LogP contribution < -0.4 is 10.0 Å². The van der Waals surface area contributed by atoms with Crippen LogP contribution in [0, 0.1) is 0 Å². The van der Waals surface area contributed by atoms with Gasteiger partial charge in [-0.05, 0) is 51.5 Å². The number of aliphatic hydroxyl groups is 1. The van der Waals surface area contributed by atoms with Gasteiger partial charge >= 0.3 is 5.97 Å². The van der Waals surface area contributed by atoms with Gasteiger partial charge in [-0.25, -0.2) is 23.2 Å². The van der Waals surface area contributed by atoms with Crippen LogP contribution in [0.4, 0.5) is 5.69 Å². The average Bonchev–Trinajstić information content (AvgIpc) is 3.34. The number of fused-ring (bicyclic) bond motifs is 1. The number of ether oxygens (including phenoxy) is 1. The first kappa shape index (κ1) is 28.2. The first-order chi connectivity index (χ1) is 18.6. The zero-order valence-corrected chi connectivity index (χ0v) is 23.0. The Hall–Kier alpha value is -3.80. The number of sulfonamides is 1. The molecule has 0 saturated heterocycles. The van der Waals surface area contributed by atoms with E-state index in [0.29, 0.717) is 29.7 Å². The van der Waals surface area contributed by atoms with E-state index in [1.54, 1.807) is 68.0 Å². The van der Waals surface area contributed by atoms with Crippen molar-refractivity contribution in [3.63, 3.8) is 0 Å². The number of para-hydroxylation sites is 1. The molecule has 11 heteroatoms. The zero-order valence-electron chi connectivity index (χ0n) is 22.2. The van der Waals surface area contributed by atoms with Crippen LogP contribution in [0.15, 0.2) is 78.1 Å². The van der Waals surface area contributed by atoms with Crippen LogP contribution in [-0.2, 0) is 21.3 Å². The van der Waals surface area contributed by atoms with Gasteiger partial charge in [0, 0.05) is 24.2 Å². The number of aryl methyl sites for hydroxylation is 1. The lowest BCUT2D eigenvalue weighted by atomic mass is 9.99. The predicted molar refractivity (Wildman–Crippen MR) is 149 cm³/mol. The fourth-order valence-corrected chi connectivity index (χ4v) is 5.22. The van der Waals surface area contributed by atoms with Crippen LogP contribution >= 0.6 is 0 Å². The van der Waals surface area contributed by atoms with E-state index < -0.39 is 22.1 Å². The molecule has 0 aliphatic rings. The normalized spacial score (nSPS) is 12.8. The number of anilines is 1. The summed E-state index contributed by atoms with van der Waals surface area (Å²) in [5.41, 5.74) is 2.10. The number of rotatable bonds is 12. The predicted octanol–water partition coefficient (Wildman–Crippen LogP) is 3.90. The fourth-order valence-electron chi connectivity index (χ4n) is 4.11. The maximum atomic E-state index is 12.8. The number of carbonyl (C=O) groups is 1. The van der Waals surface area contributed by atoms with E-state index in [1.165, 1.54) is 12.1 Å². The van der Waals surface area contributed by atoms with Gasteiger partial charge in [0.25, 0.3) is 10.0 Å². The molecule has 4 aromatic rings. The fraction of sp³-hybridized carbons (Fsp3) is 0.321. The Balaban J connectivity index is 1.40.